The molecule has 0 aromatic heterocycles. The van der Waals surface area contributed by atoms with Crippen molar-refractivity contribution in [3.8, 4) is 0 Å². The molecular weight excluding hydrogens is 196 g/mol. The maximum absolute atomic E-state index is 10.8. The normalized spacial score (nSPS) is 15.3. The van der Waals surface area contributed by atoms with Crippen LogP contribution in [0.3, 0.4) is 0 Å². The molecule has 0 aliphatic heterocycles. The van der Waals surface area contributed by atoms with Crippen molar-refractivity contribution in [2.24, 2.45) is 11.5 Å². The molecular formula is C10H22N2O3. The highest BCUT2D eigenvalue weighted by molar-refractivity contribution is 5.83. The van der Waals surface area contributed by atoms with Gasteiger partial charge in [-0.15, -0.1) is 0 Å². The van der Waals surface area contributed by atoms with Crippen LogP contribution in [0.15, 0.2) is 0 Å². The average Bonchev–Trinajstić information content (AvgIpc) is 2.10. The van der Waals surface area contributed by atoms with Crippen LogP contribution >= 0.6 is 0 Å². The van der Waals surface area contributed by atoms with Gasteiger partial charge in [0.1, 0.15) is 0 Å². The number of carbonyl (C=O) groups excluding carboxylic acids is 1. The maximum Gasteiger partial charge on any atom is 0.237 e. The molecule has 4 N–H and O–H groups in total. The Morgan fingerprint density at radius 2 is 1.93 bits per heavy atom. The SMILES string of the molecule is CC(C)OCCOCCC(C)(N)C(N)=O. The third kappa shape index (κ3) is 7.30. The molecule has 0 aromatic rings. The number of hydrogen-bond acceptors (Lipinski definition) is 4. The molecule has 15 heavy (non-hydrogen) atoms. The summed E-state index contributed by atoms with van der Waals surface area (Å²) in [5.74, 6) is -0.510. The Labute approximate surface area is 91.1 Å². The maximum atomic E-state index is 10.8. The molecule has 1 amide bonds. The second kappa shape index (κ2) is 6.76. The van der Waals surface area contributed by atoms with Crippen LogP contribution in [0.1, 0.15) is 27.2 Å². The Kier molecular flexibility index (Phi) is 6.47. The van der Waals surface area contributed by atoms with Crippen molar-refractivity contribution in [1.82, 2.24) is 0 Å². The number of nitrogens with two attached hydrogens (primary N) is 2. The second-order valence-electron chi connectivity index (χ2n) is 4.06. The van der Waals surface area contributed by atoms with Crippen LogP contribution in [-0.2, 0) is 14.3 Å². The zero-order chi connectivity index (χ0) is 11.9. The Hall–Kier alpha value is -0.650. The summed E-state index contributed by atoms with van der Waals surface area (Å²) in [6, 6.07) is 0. The summed E-state index contributed by atoms with van der Waals surface area (Å²) in [6.07, 6.45) is 0.628. The van der Waals surface area contributed by atoms with Crippen LogP contribution in [0.2, 0.25) is 0 Å². The van der Waals surface area contributed by atoms with Gasteiger partial charge in [0.05, 0.1) is 24.9 Å². The van der Waals surface area contributed by atoms with Crippen LogP contribution in [0.4, 0.5) is 0 Å². The molecule has 0 saturated heterocycles. The summed E-state index contributed by atoms with van der Waals surface area (Å²) in [4.78, 5) is 10.8. The highest BCUT2D eigenvalue weighted by Gasteiger charge is 2.24. The van der Waals surface area contributed by atoms with Gasteiger partial charge in [0, 0.05) is 6.61 Å². The molecule has 0 aliphatic carbocycles. The Morgan fingerprint density at radius 1 is 1.33 bits per heavy atom. The number of ether oxygens (including phenoxy) is 2. The third-order valence-electron chi connectivity index (χ3n) is 2.01. The number of primary amides is 1. The Balaban J connectivity index is 3.43. The molecule has 0 heterocycles. The van der Waals surface area contributed by atoms with Gasteiger partial charge in [0.25, 0.3) is 0 Å². The van der Waals surface area contributed by atoms with E-state index in [0.29, 0.717) is 26.2 Å². The topological polar surface area (TPSA) is 87.6 Å². The minimum atomic E-state index is -0.987. The van der Waals surface area contributed by atoms with Crippen LogP contribution in [0.25, 0.3) is 0 Å². The molecule has 90 valence electrons. The number of carbonyl (C=O) groups is 1. The summed E-state index contributed by atoms with van der Waals surface area (Å²) in [5.41, 5.74) is 9.76. The molecule has 0 bridgehead atoms. The van der Waals surface area contributed by atoms with Gasteiger partial charge in [0.2, 0.25) is 5.91 Å². The molecule has 0 radical (unpaired) electrons. The molecule has 0 fully saturated rings. The van der Waals surface area contributed by atoms with E-state index in [4.69, 9.17) is 20.9 Å². The fourth-order valence-corrected chi connectivity index (χ4v) is 0.852. The quantitative estimate of drug-likeness (QED) is 0.562. The standard InChI is InChI=1S/C10H22N2O3/c1-8(2)15-7-6-14-5-4-10(3,12)9(11)13/h8H,4-7,12H2,1-3H3,(H2,11,13). The van der Waals surface area contributed by atoms with Crippen molar-refractivity contribution in [2.75, 3.05) is 19.8 Å². The smallest absolute Gasteiger partial charge is 0.237 e. The van der Waals surface area contributed by atoms with Crippen LogP contribution in [0.5, 0.6) is 0 Å². The average molecular weight is 218 g/mol. The van der Waals surface area contributed by atoms with E-state index in [2.05, 4.69) is 0 Å². The van der Waals surface area contributed by atoms with Crippen molar-refractivity contribution in [3.05, 3.63) is 0 Å². The molecule has 0 aliphatic rings. The van der Waals surface area contributed by atoms with Crippen molar-refractivity contribution < 1.29 is 14.3 Å². The van der Waals surface area contributed by atoms with Crippen molar-refractivity contribution >= 4 is 5.91 Å². The summed E-state index contributed by atoms with van der Waals surface area (Å²) >= 11 is 0. The largest absolute Gasteiger partial charge is 0.379 e. The molecule has 5 nitrogen and oxygen atoms in total. The third-order valence-corrected chi connectivity index (χ3v) is 2.01. The predicted octanol–water partition coefficient (Wildman–Crippen LogP) is 0.0208. The lowest BCUT2D eigenvalue weighted by Crippen LogP contribution is -2.50. The van der Waals surface area contributed by atoms with Crippen molar-refractivity contribution in [1.29, 1.82) is 0 Å². The van der Waals surface area contributed by atoms with Gasteiger partial charge in [-0.05, 0) is 27.2 Å². The molecule has 5 heteroatoms. The van der Waals surface area contributed by atoms with Gasteiger partial charge in [-0.2, -0.15) is 0 Å². The lowest BCUT2D eigenvalue weighted by Gasteiger charge is -2.20. The summed E-state index contributed by atoms with van der Waals surface area (Å²) in [7, 11) is 0. The lowest BCUT2D eigenvalue weighted by atomic mass is 9.99. The minimum Gasteiger partial charge on any atom is -0.379 e. The van der Waals surface area contributed by atoms with E-state index in [1.165, 1.54) is 0 Å². The fourth-order valence-electron chi connectivity index (χ4n) is 0.852. The zero-order valence-corrected chi connectivity index (χ0v) is 9.79. The summed E-state index contributed by atoms with van der Waals surface area (Å²) in [6.45, 7) is 7.00. The van der Waals surface area contributed by atoms with Crippen LogP contribution in [-0.4, -0.2) is 37.4 Å². The molecule has 0 aromatic carbocycles. The number of rotatable bonds is 8. The van der Waals surface area contributed by atoms with E-state index >= 15 is 0 Å². The van der Waals surface area contributed by atoms with Gasteiger partial charge in [-0.3, -0.25) is 4.79 Å². The molecule has 0 saturated carbocycles. The first-order valence-corrected chi connectivity index (χ1v) is 5.14. The number of hydrogen-bond donors (Lipinski definition) is 2. The van der Waals surface area contributed by atoms with Gasteiger partial charge in [-0.1, -0.05) is 0 Å². The van der Waals surface area contributed by atoms with Gasteiger partial charge < -0.3 is 20.9 Å². The van der Waals surface area contributed by atoms with Crippen LogP contribution in [0, 0.1) is 0 Å². The minimum absolute atomic E-state index is 0.207. The first-order valence-electron chi connectivity index (χ1n) is 5.14. The fraction of sp³-hybridized carbons (Fsp3) is 0.900. The highest BCUT2D eigenvalue weighted by atomic mass is 16.5. The van der Waals surface area contributed by atoms with E-state index in [1.54, 1.807) is 6.92 Å². The molecule has 0 rings (SSSR count). The Bertz CT molecular complexity index is 193. The zero-order valence-electron chi connectivity index (χ0n) is 9.79. The van der Waals surface area contributed by atoms with Crippen molar-refractivity contribution in [2.45, 2.75) is 38.8 Å². The van der Waals surface area contributed by atoms with Crippen LogP contribution < -0.4 is 11.5 Å². The van der Waals surface area contributed by atoms with E-state index in [9.17, 15) is 4.79 Å². The highest BCUT2D eigenvalue weighted by Crippen LogP contribution is 2.04. The lowest BCUT2D eigenvalue weighted by molar-refractivity contribution is -0.123. The monoisotopic (exact) mass is 218 g/mol. The first-order chi connectivity index (χ1) is 6.86. The first kappa shape index (κ1) is 14.3. The second-order valence-corrected chi connectivity index (χ2v) is 4.06. The van der Waals surface area contributed by atoms with E-state index in [-0.39, 0.29) is 6.10 Å². The number of amides is 1. The molecule has 0 spiro atoms. The van der Waals surface area contributed by atoms with Gasteiger partial charge in [0.15, 0.2) is 0 Å². The van der Waals surface area contributed by atoms with Gasteiger partial charge >= 0.3 is 0 Å². The predicted molar refractivity (Wildman–Crippen MR) is 58.3 cm³/mol. The van der Waals surface area contributed by atoms with E-state index < -0.39 is 11.4 Å². The van der Waals surface area contributed by atoms with E-state index in [1.807, 2.05) is 13.8 Å². The summed E-state index contributed by atoms with van der Waals surface area (Å²) in [5, 5.41) is 0. The molecule has 1 unspecified atom stereocenters. The van der Waals surface area contributed by atoms with Gasteiger partial charge in [-0.25, -0.2) is 0 Å². The molecule has 1 atom stereocenters. The summed E-state index contributed by atoms with van der Waals surface area (Å²) < 4.78 is 10.5. The van der Waals surface area contributed by atoms with Crippen molar-refractivity contribution in [3.63, 3.8) is 0 Å². The Morgan fingerprint density at radius 3 is 2.40 bits per heavy atom. The van der Waals surface area contributed by atoms with E-state index in [0.717, 1.165) is 0 Å².